The van der Waals surface area contributed by atoms with Gasteiger partial charge in [-0.15, -0.1) is 0 Å². The monoisotopic (exact) mass is 460 g/mol. The van der Waals surface area contributed by atoms with Gasteiger partial charge in [0.1, 0.15) is 29.7 Å². The predicted molar refractivity (Wildman–Crippen MR) is 109 cm³/mol. The van der Waals surface area contributed by atoms with Crippen LogP contribution in [0.2, 0.25) is 0 Å². The van der Waals surface area contributed by atoms with Crippen molar-refractivity contribution in [2.75, 3.05) is 13.1 Å². The van der Waals surface area contributed by atoms with Gasteiger partial charge in [-0.25, -0.2) is 18.2 Å². The molecule has 2 amide bonds. The summed E-state index contributed by atoms with van der Waals surface area (Å²) in [6.07, 6.45) is 2.54. The Kier molecular flexibility index (Phi) is 5.35. The molecule has 3 atom stereocenters. The zero-order chi connectivity index (χ0) is 23.3. The quantitative estimate of drug-likeness (QED) is 0.701. The summed E-state index contributed by atoms with van der Waals surface area (Å²) in [7, 11) is 0. The second-order valence-electron chi connectivity index (χ2n) is 8.81. The number of aromatic nitrogens is 2. The van der Waals surface area contributed by atoms with E-state index in [9.17, 15) is 22.8 Å². The molecule has 0 radical (unpaired) electrons. The first-order chi connectivity index (χ1) is 15.8. The minimum atomic E-state index is -1.27. The van der Waals surface area contributed by atoms with Crippen LogP contribution in [0.1, 0.15) is 66.6 Å². The van der Waals surface area contributed by atoms with Crippen LogP contribution in [-0.2, 0) is 9.53 Å². The molecule has 10 heteroatoms. The van der Waals surface area contributed by atoms with Gasteiger partial charge in [-0.05, 0) is 37.5 Å². The fourth-order valence-corrected chi connectivity index (χ4v) is 5.03. The Morgan fingerprint density at radius 2 is 1.82 bits per heavy atom. The maximum atomic E-state index is 13.8. The van der Waals surface area contributed by atoms with Gasteiger partial charge < -0.3 is 14.5 Å². The molecule has 0 bridgehead atoms. The Balaban J connectivity index is 1.28. The molecule has 33 heavy (non-hydrogen) atoms. The number of rotatable bonds is 3. The molecule has 1 aromatic carbocycles. The molecule has 1 spiro atoms. The van der Waals surface area contributed by atoms with Gasteiger partial charge in [0.2, 0.25) is 0 Å². The first-order valence-corrected chi connectivity index (χ1v) is 11.0. The molecule has 3 saturated heterocycles. The third-order valence-corrected chi connectivity index (χ3v) is 6.75. The molecule has 1 aromatic heterocycles. The molecule has 0 aliphatic carbocycles. The van der Waals surface area contributed by atoms with Crippen molar-refractivity contribution in [2.45, 2.75) is 56.6 Å². The van der Waals surface area contributed by atoms with E-state index >= 15 is 0 Å². The third kappa shape index (κ3) is 3.76. The van der Waals surface area contributed by atoms with Gasteiger partial charge in [0.05, 0.1) is 24.1 Å². The van der Waals surface area contributed by atoms with Crippen molar-refractivity contribution in [1.82, 2.24) is 19.8 Å². The lowest BCUT2D eigenvalue weighted by Gasteiger charge is -2.37. The Labute approximate surface area is 188 Å². The Hall–Kier alpha value is -3.01. The number of carbonyl (C=O) groups excluding carboxylic acids is 2. The molecule has 3 aliphatic heterocycles. The van der Waals surface area contributed by atoms with E-state index in [1.165, 1.54) is 31.5 Å². The van der Waals surface area contributed by atoms with E-state index in [1.54, 1.807) is 9.80 Å². The van der Waals surface area contributed by atoms with Gasteiger partial charge >= 0.3 is 0 Å². The van der Waals surface area contributed by atoms with Crippen molar-refractivity contribution in [1.29, 1.82) is 0 Å². The number of amides is 2. The minimum Gasteiger partial charge on any atom is -0.342 e. The summed E-state index contributed by atoms with van der Waals surface area (Å²) in [6, 6.07) is 2.87. The Morgan fingerprint density at radius 3 is 2.42 bits per heavy atom. The van der Waals surface area contributed by atoms with E-state index in [0.717, 1.165) is 6.07 Å². The van der Waals surface area contributed by atoms with Crippen LogP contribution < -0.4 is 0 Å². The standard InChI is InChI=1S/C23H23F3N4O3/c1-13(24)17-11-28-18(12-27-17)21(31)29-6-4-23(5-7-29)22(32)30-19(2-3-20(30)33-23)14-8-15(25)10-16(26)9-14/h8-13,19-20H,2-7H2,1H3/t13?,19-,20+/m0/s1. The Bertz CT molecular complexity index is 1070. The maximum Gasteiger partial charge on any atom is 0.274 e. The first kappa shape index (κ1) is 21.8. The smallest absolute Gasteiger partial charge is 0.274 e. The highest BCUT2D eigenvalue weighted by Gasteiger charge is 2.58. The van der Waals surface area contributed by atoms with E-state index < -0.39 is 35.7 Å². The van der Waals surface area contributed by atoms with Gasteiger partial charge in [-0.1, -0.05) is 0 Å². The molecule has 5 rings (SSSR count). The van der Waals surface area contributed by atoms with Crippen molar-refractivity contribution in [3.8, 4) is 0 Å². The van der Waals surface area contributed by atoms with Crippen LogP contribution in [0.5, 0.6) is 0 Å². The van der Waals surface area contributed by atoms with Gasteiger partial charge in [0.25, 0.3) is 11.8 Å². The van der Waals surface area contributed by atoms with Crippen molar-refractivity contribution in [3.63, 3.8) is 0 Å². The minimum absolute atomic E-state index is 0.114. The number of nitrogens with zero attached hydrogens (tertiary/aromatic N) is 4. The number of carbonyl (C=O) groups is 2. The summed E-state index contributed by atoms with van der Waals surface area (Å²) in [4.78, 5) is 37.3. The summed E-state index contributed by atoms with van der Waals surface area (Å²) >= 11 is 0. The lowest BCUT2D eigenvalue weighted by Crippen LogP contribution is -2.51. The van der Waals surface area contributed by atoms with Crippen LogP contribution in [0.15, 0.2) is 30.6 Å². The predicted octanol–water partition coefficient (Wildman–Crippen LogP) is 3.48. The van der Waals surface area contributed by atoms with Gasteiger partial charge in [-0.3, -0.25) is 14.6 Å². The fraction of sp³-hybridized carbons (Fsp3) is 0.478. The summed E-state index contributed by atoms with van der Waals surface area (Å²) in [5, 5.41) is 0. The molecule has 1 unspecified atom stereocenters. The van der Waals surface area contributed by atoms with Crippen molar-refractivity contribution in [3.05, 3.63) is 59.2 Å². The zero-order valence-electron chi connectivity index (χ0n) is 18.0. The van der Waals surface area contributed by atoms with Crippen LogP contribution in [-0.4, -0.2) is 56.5 Å². The average molecular weight is 460 g/mol. The first-order valence-electron chi connectivity index (χ1n) is 11.0. The summed E-state index contributed by atoms with van der Waals surface area (Å²) in [6.45, 7) is 1.91. The summed E-state index contributed by atoms with van der Waals surface area (Å²) < 4.78 is 47.0. The molecule has 0 N–H and O–H groups in total. The van der Waals surface area contributed by atoms with Crippen LogP contribution in [0.3, 0.4) is 0 Å². The number of likely N-dealkylation sites (tertiary alicyclic amines) is 1. The Morgan fingerprint density at radius 1 is 1.12 bits per heavy atom. The largest absolute Gasteiger partial charge is 0.342 e. The van der Waals surface area contributed by atoms with E-state index in [-0.39, 0.29) is 36.3 Å². The number of hydrogen-bond acceptors (Lipinski definition) is 5. The number of alkyl halides is 1. The number of benzene rings is 1. The number of halogens is 3. The fourth-order valence-electron chi connectivity index (χ4n) is 5.03. The van der Waals surface area contributed by atoms with Crippen molar-refractivity contribution >= 4 is 11.8 Å². The summed E-state index contributed by atoms with van der Waals surface area (Å²) in [5.74, 6) is -1.90. The second kappa shape index (κ2) is 8.09. The van der Waals surface area contributed by atoms with Gasteiger partial charge in [-0.2, -0.15) is 0 Å². The molecule has 3 aliphatic rings. The van der Waals surface area contributed by atoms with Gasteiger partial charge in [0.15, 0.2) is 5.60 Å². The van der Waals surface area contributed by atoms with Crippen LogP contribution >= 0.6 is 0 Å². The molecule has 2 aromatic rings. The number of piperidine rings is 1. The van der Waals surface area contributed by atoms with E-state index in [1.807, 2.05) is 0 Å². The number of ether oxygens (including phenoxy) is 1. The molecule has 3 fully saturated rings. The molecular weight excluding hydrogens is 437 g/mol. The molecular formula is C23H23F3N4O3. The van der Waals surface area contributed by atoms with Crippen LogP contribution in [0.4, 0.5) is 13.2 Å². The lowest BCUT2D eigenvalue weighted by atomic mass is 9.89. The average Bonchev–Trinajstić information content (AvgIpc) is 3.31. The normalized spacial score (nSPS) is 24.9. The van der Waals surface area contributed by atoms with E-state index in [0.29, 0.717) is 31.2 Å². The number of hydrogen-bond donors (Lipinski definition) is 0. The second-order valence-corrected chi connectivity index (χ2v) is 8.81. The highest BCUT2D eigenvalue weighted by molar-refractivity contribution is 5.93. The zero-order valence-corrected chi connectivity index (χ0v) is 18.0. The summed E-state index contributed by atoms with van der Waals surface area (Å²) in [5.41, 5.74) is -0.364. The maximum absolute atomic E-state index is 13.8. The van der Waals surface area contributed by atoms with Crippen LogP contribution in [0, 0.1) is 11.6 Å². The lowest BCUT2D eigenvalue weighted by molar-refractivity contribution is -0.142. The number of fused-ring (bicyclic) bond motifs is 1. The highest BCUT2D eigenvalue weighted by atomic mass is 19.1. The van der Waals surface area contributed by atoms with E-state index in [2.05, 4.69) is 9.97 Å². The van der Waals surface area contributed by atoms with Crippen molar-refractivity contribution in [2.24, 2.45) is 0 Å². The van der Waals surface area contributed by atoms with Gasteiger partial charge in [0, 0.05) is 32.0 Å². The molecule has 4 heterocycles. The topological polar surface area (TPSA) is 75.6 Å². The molecule has 7 nitrogen and oxygen atoms in total. The van der Waals surface area contributed by atoms with E-state index in [4.69, 9.17) is 4.74 Å². The van der Waals surface area contributed by atoms with Crippen LogP contribution in [0.25, 0.3) is 0 Å². The molecule has 174 valence electrons. The van der Waals surface area contributed by atoms with Crippen molar-refractivity contribution < 1.29 is 27.5 Å². The highest BCUT2D eigenvalue weighted by Crippen LogP contribution is 2.47. The third-order valence-electron chi connectivity index (χ3n) is 6.75. The SMILES string of the molecule is CC(F)c1cnc(C(=O)N2CCC3(CC2)O[C@@H]2CC[C@@H](c4cc(F)cc(F)c4)N2C3=O)cn1. The molecule has 0 saturated carbocycles.